The van der Waals surface area contributed by atoms with Gasteiger partial charge < -0.3 is 20.0 Å². The molecule has 0 spiro atoms. The number of tetrazole rings is 1. The van der Waals surface area contributed by atoms with E-state index in [4.69, 9.17) is 0 Å². The summed E-state index contributed by atoms with van der Waals surface area (Å²) in [6.07, 6.45) is 5.67. The minimum Gasteiger partial charge on any atom is -0.339 e. The van der Waals surface area contributed by atoms with Crippen LogP contribution in [0.15, 0.2) is 36.4 Å². The lowest BCUT2D eigenvalue weighted by atomic mass is 9.67. The number of rotatable bonds is 8. The van der Waals surface area contributed by atoms with E-state index in [9.17, 15) is 19.6 Å². The Balaban J connectivity index is 1.17. The highest BCUT2D eigenvalue weighted by Crippen LogP contribution is 2.48. The number of nitrogens with zero attached hydrogens (tertiary/aromatic N) is 7. The van der Waals surface area contributed by atoms with Gasteiger partial charge in [-0.3, -0.25) is 14.4 Å². The van der Waals surface area contributed by atoms with Crippen molar-refractivity contribution >= 4 is 17.7 Å². The maximum atomic E-state index is 13.4. The van der Waals surface area contributed by atoms with E-state index in [0.29, 0.717) is 42.1 Å². The Morgan fingerprint density at radius 1 is 0.979 bits per heavy atom. The number of benzene rings is 2. The molecule has 8 rings (SSSR count). The van der Waals surface area contributed by atoms with Crippen LogP contribution < -0.4 is 5.32 Å². The van der Waals surface area contributed by atoms with Crippen LogP contribution in [-0.4, -0.2) is 104 Å². The second-order valence-corrected chi connectivity index (χ2v) is 13.9. The standard InChI is InChI=1S/C35H39N9O3/c1-21(37-20-31(45)44-27(19-36)16-26-17-30(26)44)18-35(34-38-40-41-39-34)28-8-6-24(32(46)42-10-2-11-42)14-22(28)4-5-23-15-25(7-9-29(23)35)33(47)43-12-3-13-43/h6-9,14-15,21,26-27,30,37H,2-5,10-13,16-18,20H2,1H3,(H,38,39,40,41)/t21-,26-,27?,30+/m1/s1. The molecule has 2 N–H and O–H groups in total. The second-order valence-electron chi connectivity index (χ2n) is 13.9. The molecule has 4 heterocycles. The van der Waals surface area contributed by atoms with Crippen molar-refractivity contribution in [1.29, 1.82) is 5.26 Å². The van der Waals surface area contributed by atoms with Crippen LogP contribution in [0.4, 0.5) is 0 Å². The maximum Gasteiger partial charge on any atom is 0.253 e. The monoisotopic (exact) mass is 633 g/mol. The number of aromatic nitrogens is 4. The Bertz CT molecular complexity index is 1700. The molecule has 5 aliphatic rings. The summed E-state index contributed by atoms with van der Waals surface area (Å²) in [5.41, 5.74) is 4.55. The SMILES string of the molecule is C[C@H](CC1(c2nnn[nH]2)c2ccc(C(=O)N3CCC3)cc2CCc2cc(C(=O)N3CCC3)ccc21)NCC(=O)N1C(C#N)C[C@@H]2C[C@@H]21. The van der Waals surface area contributed by atoms with Gasteiger partial charge in [-0.15, -0.1) is 5.10 Å². The van der Waals surface area contributed by atoms with E-state index in [1.54, 1.807) is 4.90 Å². The van der Waals surface area contributed by atoms with E-state index in [0.717, 1.165) is 74.1 Å². The lowest BCUT2D eigenvalue weighted by molar-refractivity contribution is -0.131. The topological polar surface area (TPSA) is 151 Å². The molecule has 1 unspecified atom stereocenters. The Labute approximate surface area is 273 Å². The molecule has 4 fully saturated rings. The molecule has 0 bridgehead atoms. The number of carbonyl (C=O) groups excluding carboxylic acids is 3. The minimum atomic E-state index is -0.860. The van der Waals surface area contributed by atoms with Crippen molar-refractivity contribution in [2.45, 2.75) is 75.4 Å². The van der Waals surface area contributed by atoms with Crippen molar-refractivity contribution in [2.24, 2.45) is 5.92 Å². The molecule has 0 radical (unpaired) electrons. The molecule has 1 aromatic heterocycles. The number of nitrogens with one attached hydrogen (secondary N) is 2. The third-order valence-electron chi connectivity index (χ3n) is 11.1. The van der Waals surface area contributed by atoms with Gasteiger partial charge in [0, 0.05) is 49.4 Å². The molecule has 3 saturated heterocycles. The van der Waals surface area contributed by atoms with E-state index in [2.05, 4.69) is 38.9 Å². The predicted molar refractivity (Wildman–Crippen MR) is 170 cm³/mol. The Hall–Kier alpha value is -4.63. The molecular formula is C35H39N9O3. The van der Waals surface area contributed by atoms with Crippen molar-refractivity contribution in [2.75, 3.05) is 32.7 Å². The summed E-state index contributed by atoms with van der Waals surface area (Å²) in [6, 6.07) is 13.9. The summed E-state index contributed by atoms with van der Waals surface area (Å²) >= 11 is 0. The molecule has 242 valence electrons. The van der Waals surface area contributed by atoms with Crippen LogP contribution in [0.3, 0.4) is 0 Å². The zero-order chi connectivity index (χ0) is 32.3. The second kappa shape index (κ2) is 11.6. The first kappa shape index (κ1) is 29.8. The Morgan fingerprint density at radius 3 is 2.11 bits per heavy atom. The van der Waals surface area contributed by atoms with E-state index < -0.39 is 5.41 Å². The molecular weight excluding hydrogens is 594 g/mol. The summed E-state index contributed by atoms with van der Waals surface area (Å²) in [5.74, 6) is 1.06. The summed E-state index contributed by atoms with van der Waals surface area (Å²) in [5, 5.41) is 28.7. The number of hydrogen-bond acceptors (Lipinski definition) is 8. The van der Waals surface area contributed by atoms with Gasteiger partial charge in [0.15, 0.2) is 5.82 Å². The number of amides is 3. The van der Waals surface area contributed by atoms with Crippen LogP contribution >= 0.6 is 0 Å². The first-order chi connectivity index (χ1) is 22.9. The summed E-state index contributed by atoms with van der Waals surface area (Å²) in [7, 11) is 0. The highest BCUT2D eigenvalue weighted by Gasteiger charge is 2.54. The molecule has 3 aliphatic heterocycles. The highest BCUT2D eigenvalue weighted by atomic mass is 16.2. The number of H-pyrrole nitrogens is 1. The highest BCUT2D eigenvalue weighted by molar-refractivity contribution is 5.96. The number of aryl methyl sites for hydroxylation is 2. The zero-order valence-electron chi connectivity index (χ0n) is 26.6. The van der Waals surface area contributed by atoms with Crippen LogP contribution in [0.1, 0.15) is 87.8 Å². The quantitative estimate of drug-likeness (QED) is 0.383. The Morgan fingerprint density at radius 2 is 1.60 bits per heavy atom. The van der Waals surface area contributed by atoms with Gasteiger partial charge in [-0.2, -0.15) is 5.26 Å². The first-order valence-electron chi connectivity index (χ1n) is 16.9. The Kier molecular flexibility index (Phi) is 7.32. The molecule has 3 aromatic rings. The third-order valence-corrected chi connectivity index (χ3v) is 11.1. The van der Waals surface area contributed by atoms with Crippen LogP contribution in [0.2, 0.25) is 0 Å². The molecule has 12 heteroatoms. The fourth-order valence-corrected chi connectivity index (χ4v) is 8.24. The van der Waals surface area contributed by atoms with Crippen LogP contribution in [0.5, 0.6) is 0 Å². The minimum absolute atomic E-state index is 0.0409. The normalized spacial score (nSPS) is 24.1. The van der Waals surface area contributed by atoms with Gasteiger partial charge in [-0.05, 0) is 115 Å². The van der Waals surface area contributed by atoms with Gasteiger partial charge >= 0.3 is 0 Å². The average molecular weight is 634 g/mol. The number of fused-ring (bicyclic) bond motifs is 3. The van der Waals surface area contributed by atoms with Gasteiger partial charge in [0.1, 0.15) is 6.04 Å². The largest absolute Gasteiger partial charge is 0.339 e. The predicted octanol–water partition coefficient (Wildman–Crippen LogP) is 2.21. The molecule has 47 heavy (non-hydrogen) atoms. The van der Waals surface area contributed by atoms with Crippen molar-refractivity contribution in [3.8, 4) is 6.07 Å². The van der Waals surface area contributed by atoms with E-state index in [-0.39, 0.29) is 42.4 Å². The molecule has 3 amide bonds. The fourth-order valence-electron chi connectivity index (χ4n) is 8.24. The number of aromatic amines is 1. The number of nitriles is 1. The lowest BCUT2D eigenvalue weighted by Gasteiger charge is -2.37. The average Bonchev–Trinajstić information content (AvgIpc) is 3.40. The van der Waals surface area contributed by atoms with Crippen molar-refractivity contribution in [1.82, 2.24) is 40.6 Å². The van der Waals surface area contributed by atoms with Crippen LogP contribution in [0.25, 0.3) is 0 Å². The fraction of sp³-hybridized carbons (Fsp3) is 0.514. The maximum absolute atomic E-state index is 13.4. The lowest BCUT2D eigenvalue weighted by Crippen LogP contribution is -2.46. The number of piperidine rings is 1. The van der Waals surface area contributed by atoms with Gasteiger partial charge in [0.2, 0.25) is 5.91 Å². The zero-order valence-corrected chi connectivity index (χ0v) is 26.6. The molecule has 2 aromatic carbocycles. The first-order valence-corrected chi connectivity index (χ1v) is 16.9. The van der Waals surface area contributed by atoms with Gasteiger partial charge in [0.05, 0.1) is 18.0 Å². The van der Waals surface area contributed by atoms with Gasteiger partial charge in [-0.1, -0.05) is 12.1 Å². The van der Waals surface area contributed by atoms with Crippen molar-refractivity contribution in [3.05, 3.63) is 75.6 Å². The van der Waals surface area contributed by atoms with Crippen molar-refractivity contribution < 1.29 is 14.4 Å². The van der Waals surface area contributed by atoms with E-state index in [1.807, 2.05) is 46.2 Å². The van der Waals surface area contributed by atoms with Gasteiger partial charge in [-0.25, -0.2) is 5.10 Å². The van der Waals surface area contributed by atoms with E-state index >= 15 is 0 Å². The van der Waals surface area contributed by atoms with E-state index in [1.165, 1.54) is 0 Å². The molecule has 2 aliphatic carbocycles. The number of carbonyl (C=O) groups is 3. The molecule has 1 saturated carbocycles. The molecule has 4 atom stereocenters. The van der Waals surface area contributed by atoms with Crippen LogP contribution in [0, 0.1) is 17.2 Å². The van der Waals surface area contributed by atoms with Crippen LogP contribution in [-0.2, 0) is 23.1 Å². The summed E-state index contributed by atoms with van der Waals surface area (Å²) in [6.45, 7) is 5.28. The smallest absolute Gasteiger partial charge is 0.253 e. The number of hydrogen-bond donors (Lipinski definition) is 2. The van der Waals surface area contributed by atoms with Gasteiger partial charge in [0.25, 0.3) is 11.8 Å². The summed E-state index contributed by atoms with van der Waals surface area (Å²) < 4.78 is 0. The summed E-state index contributed by atoms with van der Waals surface area (Å²) in [4.78, 5) is 45.5. The van der Waals surface area contributed by atoms with Crippen molar-refractivity contribution in [3.63, 3.8) is 0 Å². The number of likely N-dealkylation sites (tertiary alicyclic amines) is 3. The third kappa shape index (κ3) is 4.99. The molecule has 12 nitrogen and oxygen atoms in total.